The van der Waals surface area contributed by atoms with Crippen LogP contribution in [0.1, 0.15) is 17.7 Å². The summed E-state index contributed by atoms with van der Waals surface area (Å²) in [5.41, 5.74) is 1.31. The highest BCUT2D eigenvalue weighted by molar-refractivity contribution is 5.76. The van der Waals surface area contributed by atoms with E-state index in [4.69, 9.17) is 18.9 Å². The highest BCUT2D eigenvalue weighted by atomic mass is 16.5. The van der Waals surface area contributed by atoms with Crippen LogP contribution in [0.3, 0.4) is 0 Å². The van der Waals surface area contributed by atoms with E-state index in [9.17, 15) is 9.59 Å². The van der Waals surface area contributed by atoms with Crippen LogP contribution in [0.5, 0.6) is 23.0 Å². The molecule has 1 amide bonds. The summed E-state index contributed by atoms with van der Waals surface area (Å²) in [5.74, 6) is 2.13. The molecule has 0 aliphatic carbocycles. The van der Waals surface area contributed by atoms with Crippen LogP contribution in [0.15, 0.2) is 41.2 Å². The molecule has 34 heavy (non-hydrogen) atoms. The number of nitrogens with one attached hydrogen (secondary N) is 2. The summed E-state index contributed by atoms with van der Waals surface area (Å²) in [6, 6.07) is 11.0. The number of ether oxygens (including phenoxy) is 4. The van der Waals surface area contributed by atoms with Crippen molar-refractivity contribution in [3.8, 4) is 34.4 Å². The first kappa shape index (κ1) is 24.6. The molecule has 2 aromatic carbocycles. The van der Waals surface area contributed by atoms with Crippen LogP contribution >= 0.6 is 0 Å². The van der Waals surface area contributed by atoms with Gasteiger partial charge in [0.2, 0.25) is 11.7 Å². The van der Waals surface area contributed by atoms with E-state index in [2.05, 4.69) is 20.5 Å². The van der Waals surface area contributed by atoms with E-state index in [-0.39, 0.29) is 30.3 Å². The average molecular weight is 469 g/mol. The Labute approximate surface area is 197 Å². The minimum absolute atomic E-state index is 0.118. The maximum Gasteiger partial charge on any atom is 0.273 e. The standard InChI is InChI=1S/C24H28N4O6/c1-31-18-8-6-5-7-15(18)11-12-25-21(29)10-9-17-24(30)26-23(28-27-17)16-13-19(32-2)22(34-4)20(14-16)33-3/h5-8,13-14H,9-12H2,1-4H3,(H,25,29)(H,26,28,30). The number of aromatic amines is 1. The molecule has 3 aromatic rings. The van der Waals surface area contributed by atoms with Crippen LogP contribution in [-0.4, -0.2) is 56.1 Å². The van der Waals surface area contributed by atoms with Crippen LogP contribution in [-0.2, 0) is 17.6 Å². The van der Waals surface area contributed by atoms with Crippen molar-refractivity contribution in [3.63, 3.8) is 0 Å². The molecule has 3 rings (SSSR count). The zero-order chi connectivity index (χ0) is 24.5. The Bertz CT molecular complexity index is 1170. The Balaban J connectivity index is 1.61. The molecule has 10 heteroatoms. The summed E-state index contributed by atoms with van der Waals surface area (Å²) < 4.78 is 21.3. The molecule has 0 aliphatic heterocycles. The van der Waals surface area contributed by atoms with Gasteiger partial charge in [-0.2, -0.15) is 0 Å². The molecule has 1 aromatic heterocycles. The number of nitrogens with zero attached hydrogens (tertiary/aromatic N) is 2. The predicted molar refractivity (Wildman–Crippen MR) is 126 cm³/mol. The van der Waals surface area contributed by atoms with Crippen LogP contribution in [0.4, 0.5) is 0 Å². The SMILES string of the molecule is COc1ccccc1CCNC(=O)CCc1nnc(-c2cc(OC)c(OC)c(OC)c2)[nH]c1=O. The third-order valence-corrected chi connectivity index (χ3v) is 5.20. The van der Waals surface area contributed by atoms with Crippen molar-refractivity contribution in [2.75, 3.05) is 35.0 Å². The first-order valence-electron chi connectivity index (χ1n) is 10.7. The second-order valence-corrected chi connectivity index (χ2v) is 7.28. The van der Waals surface area contributed by atoms with Gasteiger partial charge < -0.3 is 29.2 Å². The Hall–Kier alpha value is -4.08. The van der Waals surface area contributed by atoms with Crippen molar-refractivity contribution < 1.29 is 23.7 Å². The number of aromatic nitrogens is 3. The Morgan fingerprint density at radius 1 is 0.912 bits per heavy atom. The van der Waals surface area contributed by atoms with E-state index in [1.54, 1.807) is 19.2 Å². The van der Waals surface area contributed by atoms with E-state index < -0.39 is 5.56 Å². The lowest BCUT2D eigenvalue weighted by Gasteiger charge is -2.13. The summed E-state index contributed by atoms with van der Waals surface area (Å²) in [4.78, 5) is 27.5. The lowest BCUT2D eigenvalue weighted by Crippen LogP contribution is -2.27. The van der Waals surface area contributed by atoms with Gasteiger partial charge in [-0.15, -0.1) is 10.2 Å². The van der Waals surface area contributed by atoms with Gasteiger partial charge >= 0.3 is 0 Å². The molecule has 0 fully saturated rings. The van der Waals surface area contributed by atoms with Gasteiger partial charge in [-0.25, -0.2) is 0 Å². The molecule has 2 N–H and O–H groups in total. The molecule has 0 spiro atoms. The van der Waals surface area contributed by atoms with Gasteiger partial charge in [-0.05, 0) is 30.2 Å². The fourth-order valence-corrected chi connectivity index (χ4v) is 3.44. The van der Waals surface area contributed by atoms with Crippen LogP contribution in [0, 0.1) is 0 Å². The molecular formula is C24H28N4O6. The molecule has 10 nitrogen and oxygen atoms in total. The maximum atomic E-state index is 12.5. The highest BCUT2D eigenvalue weighted by Gasteiger charge is 2.16. The van der Waals surface area contributed by atoms with Gasteiger partial charge in [0, 0.05) is 24.9 Å². The summed E-state index contributed by atoms with van der Waals surface area (Å²) in [7, 11) is 6.12. The van der Waals surface area contributed by atoms with E-state index >= 15 is 0 Å². The Morgan fingerprint density at radius 3 is 2.21 bits per heavy atom. The number of para-hydroxylation sites is 1. The van der Waals surface area contributed by atoms with E-state index in [1.165, 1.54) is 21.3 Å². The van der Waals surface area contributed by atoms with Crippen LogP contribution in [0.2, 0.25) is 0 Å². The van der Waals surface area contributed by atoms with Crippen molar-refractivity contribution >= 4 is 5.91 Å². The summed E-state index contributed by atoms with van der Waals surface area (Å²) in [6.45, 7) is 0.460. The first-order chi connectivity index (χ1) is 16.5. The zero-order valence-electron chi connectivity index (χ0n) is 19.6. The number of rotatable bonds is 11. The van der Waals surface area contributed by atoms with E-state index in [0.29, 0.717) is 35.8 Å². The third-order valence-electron chi connectivity index (χ3n) is 5.20. The molecule has 1 heterocycles. The largest absolute Gasteiger partial charge is 0.496 e. The quantitative estimate of drug-likeness (QED) is 0.439. The number of carbonyl (C=O) groups is 1. The molecular weight excluding hydrogens is 440 g/mol. The van der Waals surface area contributed by atoms with Crippen LogP contribution < -0.4 is 29.8 Å². The van der Waals surface area contributed by atoms with E-state index in [0.717, 1.165) is 11.3 Å². The van der Waals surface area contributed by atoms with E-state index in [1.807, 2.05) is 24.3 Å². The van der Waals surface area contributed by atoms with Gasteiger partial charge in [0.1, 0.15) is 11.4 Å². The number of hydrogen-bond donors (Lipinski definition) is 2. The predicted octanol–water partition coefficient (Wildman–Crippen LogP) is 2.16. The summed E-state index contributed by atoms with van der Waals surface area (Å²) >= 11 is 0. The average Bonchev–Trinajstić information content (AvgIpc) is 2.87. The molecule has 0 saturated heterocycles. The number of benzene rings is 2. The summed E-state index contributed by atoms with van der Waals surface area (Å²) in [5, 5.41) is 11.0. The zero-order valence-corrected chi connectivity index (χ0v) is 19.6. The number of amides is 1. The monoisotopic (exact) mass is 468 g/mol. The molecule has 0 atom stereocenters. The normalized spacial score (nSPS) is 10.5. The van der Waals surface area contributed by atoms with Crippen LogP contribution in [0.25, 0.3) is 11.4 Å². The Kier molecular flexibility index (Phi) is 8.44. The number of hydrogen-bond acceptors (Lipinski definition) is 8. The van der Waals surface area contributed by atoms with Gasteiger partial charge in [0.15, 0.2) is 17.3 Å². The molecule has 0 saturated carbocycles. The van der Waals surface area contributed by atoms with Crippen molar-refractivity contribution in [3.05, 3.63) is 58.0 Å². The number of H-pyrrole nitrogens is 1. The third kappa shape index (κ3) is 5.83. The number of aryl methyl sites for hydroxylation is 1. The number of methoxy groups -OCH3 is 4. The Morgan fingerprint density at radius 2 is 1.59 bits per heavy atom. The van der Waals surface area contributed by atoms with Gasteiger partial charge in [0.25, 0.3) is 5.56 Å². The minimum atomic E-state index is -0.416. The molecule has 0 aliphatic rings. The van der Waals surface area contributed by atoms with Crippen molar-refractivity contribution in [1.82, 2.24) is 20.5 Å². The topological polar surface area (TPSA) is 125 Å². The smallest absolute Gasteiger partial charge is 0.273 e. The fraction of sp³-hybridized carbons (Fsp3) is 0.333. The number of carbonyl (C=O) groups excluding carboxylic acids is 1. The summed E-state index contributed by atoms with van der Waals surface area (Å²) in [6.07, 6.45) is 0.922. The molecule has 0 bridgehead atoms. The van der Waals surface area contributed by atoms with Gasteiger partial charge in [-0.1, -0.05) is 18.2 Å². The van der Waals surface area contributed by atoms with Crippen molar-refractivity contribution in [1.29, 1.82) is 0 Å². The maximum absolute atomic E-state index is 12.5. The highest BCUT2D eigenvalue weighted by Crippen LogP contribution is 2.40. The minimum Gasteiger partial charge on any atom is -0.496 e. The van der Waals surface area contributed by atoms with Gasteiger partial charge in [-0.3, -0.25) is 9.59 Å². The molecule has 180 valence electrons. The first-order valence-corrected chi connectivity index (χ1v) is 10.7. The second kappa shape index (κ2) is 11.7. The molecule has 0 radical (unpaired) electrons. The van der Waals surface area contributed by atoms with Crippen molar-refractivity contribution in [2.24, 2.45) is 0 Å². The molecule has 0 unspecified atom stereocenters. The fourth-order valence-electron chi connectivity index (χ4n) is 3.44. The van der Waals surface area contributed by atoms with Crippen molar-refractivity contribution in [2.45, 2.75) is 19.3 Å². The van der Waals surface area contributed by atoms with Gasteiger partial charge in [0.05, 0.1) is 28.4 Å². The lowest BCUT2D eigenvalue weighted by molar-refractivity contribution is -0.121. The second-order valence-electron chi connectivity index (χ2n) is 7.28. The lowest BCUT2D eigenvalue weighted by atomic mass is 10.1.